The number of rotatable bonds is 4. The lowest BCUT2D eigenvalue weighted by Gasteiger charge is -2.21. The van der Waals surface area contributed by atoms with Gasteiger partial charge in [0.25, 0.3) is 0 Å². The van der Waals surface area contributed by atoms with E-state index >= 15 is 0 Å². The number of carbonyl (C=O) groups is 1. The van der Waals surface area contributed by atoms with E-state index in [1.54, 1.807) is 17.1 Å². The maximum Gasteiger partial charge on any atom is 0.339 e. The molecule has 1 rings (SSSR count). The SMILES string of the molecule is COC(=O)C(C)(O)CNn1cccc1. The molecule has 1 atom stereocenters. The summed E-state index contributed by atoms with van der Waals surface area (Å²) in [6.07, 6.45) is 3.54. The number of carbonyl (C=O) groups excluding carboxylic acids is 1. The van der Waals surface area contributed by atoms with Gasteiger partial charge in [0.15, 0.2) is 5.60 Å². The normalized spacial score (nSPS) is 14.5. The minimum atomic E-state index is -1.51. The highest BCUT2D eigenvalue weighted by molar-refractivity contribution is 5.79. The van der Waals surface area contributed by atoms with E-state index in [0.29, 0.717) is 0 Å². The number of aliphatic hydroxyl groups is 1. The second-order valence-corrected chi connectivity index (χ2v) is 3.19. The predicted molar refractivity (Wildman–Crippen MR) is 51.3 cm³/mol. The zero-order chi connectivity index (χ0) is 10.6. The van der Waals surface area contributed by atoms with Crippen LogP contribution < -0.4 is 5.43 Å². The Balaban J connectivity index is 2.48. The molecule has 1 aromatic heterocycles. The first-order valence-corrected chi connectivity index (χ1v) is 4.24. The van der Waals surface area contributed by atoms with Crippen LogP contribution in [0.25, 0.3) is 0 Å². The Morgan fingerprint density at radius 3 is 2.64 bits per heavy atom. The van der Waals surface area contributed by atoms with Crippen LogP contribution in [0.1, 0.15) is 6.92 Å². The van der Waals surface area contributed by atoms with Crippen molar-refractivity contribution in [3.05, 3.63) is 24.5 Å². The van der Waals surface area contributed by atoms with Crippen molar-refractivity contribution in [1.29, 1.82) is 0 Å². The summed E-state index contributed by atoms with van der Waals surface area (Å²) < 4.78 is 6.10. The summed E-state index contributed by atoms with van der Waals surface area (Å²) in [5, 5.41) is 9.63. The van der Waals surface area contributed by atoms with E-state index in [0.717, 1.165) is 0 Å². The van der Waals surface area contributed by atoms with Crippen molar-refractivity contribution in [3.8, 4) is 0 Å². The minimum Gasteiger partial charge on any atom is -0.467 e. The molecular formula is C9H14N2O3. The molecule has 0 aliphatic heterocycles. The second kappa shape index (κ2) is 4.15. The summed E-state index contributed by atoms with van der Waals surface area (Å²) in [4.78, 5) is 11.1. The van der Waals surface area contributed by atoms with Crippen LogP contribution in [0.2, 0.25) is 0 Å². The highest BCUT2D eigenvalue weighted by Crippen LogP contribution is 2.04. The molecule has 5 heteroatoms. The number of ether oxygens (including phenoxy) is 1. The Hall–Kier alpha value is -1.49. The van der Waals surface area contributed by atoms with Crippen LogP contribution in [0.15, 0.2) is 24.5 Å². The number of hydrogen-bond acceptors (Lipinski definition) is 4. The number of aromatic nitrogens is 1. The molecule has 0 spiro atoms. The molecule has 0 amide bonds. The van der Waals surface area contributed by atoms with Crippen LogP contribution in [0.4, 0.5) is 0 Å². The van der Waals surface area contributed by atoms with E-state index in [2.05, 4.69) is 10.2 Å². The molecule has 2 N–H and O–H groups in total. The van der Waals surface area contributed by atoms with Crippen LogP contribution in [-0.2, 0) is 9.53 Å². The van der Waals surface area contributed by atoms with Gasteiger partial charge in [0.1, 0.15) is 0 Å². The van der Waals surface area contributed by atoms with Gasteiger partial charge in [-0.1, -0.05) is 0 Å². The Kier molecular flexibility index (Phi) is 3.14. The molecule has 0 fully saturated rings. The van der Waals surface area contributed by atoms with Crippen LogP contribution in [0, 0.1) is 0 Å². The molecular weight excluding hydrogens is 184 g/mol. The van der Waals surface area contributed by atoms with Crippen LogP contribution in [0.5, 0.6) is 0 Å². The highest BCUT2D eigenvalue weighted by Gasteiger charge is 2.31. The second-order valence-electron chi connectivity index (χ2n) is 3.19. The van der Waals surface area contributed by atoms with Gasteiger partial charge in [-0.2, -0.15) is 0 Å². The molecule has 0 saturated carbocycles. The van der Waals surface area contributed by atoms with Gasteiger partial charge in [0.2, 0.25) is 0 Å². The van der Waals surface area contributed by atoms with E-state index in [4.69, 9.17) is 0 Å². The summed E-state index contributed by atoms with van der Waals surface area (Å²) in [5.74, 6) is -0.655. The Bertz CT molecular complexity index is 293. The van der Waals surface area contributed by atoms with Gasteiger partial charge in [-0.15, -0.1) is 0 Å². The third-order valence-electron chi connectivity index (χ3n) is 1.84. The number of esters is 1. The number of nitrogens with zero attached hydrogens (tertiary/aromatic N) is 1. The van der Waals surface area contributed by atoms with E-state index in [9.17, 15) is 9.90 Å². The fourth-order valence-corrected chi connectivity index (χ4v) is 0.977. The molecule has 0 radical (unpaired) electrons. The molecule has 1 unspecified atom stereocenters. The molecule has 0 saturated heterocycles. The summed E-state index contributed by atoms with van der Waals surface area (Å²) in [6.45, 7) is 1.49. The van der Waals surface area contributed by atoms with Gasteiger partial charge in [-0.05, 0) is 19.1 Å². The van der Waals surface area contributed by atoms with E-state index < -0.39 is 11.6 Å². The molecule has 1 heterocycles. The van der Waals surface area contributed by atoms with Crippen molar-refractivity contribution >= 4 is 5.97 Å². The van der Waals surface area contributed by atoms with E-state index in [1.807, 2.05) is 12.1 Å². The number of nitrogens with one attached hydrogen (secondary N) is 1. The molecule has 0 aliphatic carbocycles. The summed E-state index contributed by atoms with van der Waals surface area (Å²) in [7, 11) is 1.24. The van der Waals surface area contributed by atoms with Crippen molar-refractivity contribution in [1.82, 2.24) is 4.68 Å². The van der Waals surface area contributed by atoms with Crippen LogP contribution in [0.3, 0.4) is 0 Å². The largest absolute Gasteiger partial charge is 0.467 e. The van der Waals surface area contributed by atoms with Gasteiger partial charge in [-0.25, -0.2) is 4.79 Å². The molecule has 14 heavy (non-hydrogen) atoms. The van der Waals surface area contributed by atoms with Crippen molar-refractivity contribution < 1.29 is 14.6 Å². The molecule has 78 valence electrons. The lowest BCUT2D eigenvalue weighted by molar-refractivity contribution is -0.159. The first-order chi connectivity index (χ1) is 6.56. The smallest absolute Gasteiger partial charge is 0.339 e. The molecule has 0 aromatic carbocycles. The topological polar surface area (TPSA) is 63.5 Å². The Labute approximate surface area is 82.3 Å². The fourth-order valence-electron chi connectivity index (χ4n) is 0.977. The van der Waals surface area contributed by atoms with Crippen LogP contribution >= 0.6 is 0 Å². The first kappa shape index (κ1) is 10.6. The Morgan fingerprint density at radius 1 is 1.57 bits per heavy atom. The van der Waals surface area contributed by atoms with Gasteiger partial charge < -0.3 is 15.3 Å². The molecule has 0 aliphatic rings. The fraction of sp³-hybridized carbons (Fsp3) is 0.444. The molecule has 5 nitrogen and oxygen atoms in total. The Morgan fingerprint density at radius 2 is 2.14 bits per heavy atom. The van der Waals surface area contributed by atoms with Crippen molar-refractivity contribution in [2.75, 3.05) is 19.1 Å². The van der Waals surface area contributed by atoms with Gasteiger partial charge in [0.05, 0.1) is 13.7 Å². The van der Waals surface area contributed by atoms with E-state index in [1.165, 1.54) is 14.0 Å². The monoisotopic (exact) mass is 198 g/mol. The summed E-state index contributed by atoms with van der Waals surface area (Å²) >= 11 is 0. The summed E-state index contributed by atoms with van der Waals surface area (Å²) in [6, 6.07) is 3.67. The molecule has 0 bridgehead atoms. The quantitative estimate of drug-likeness (QED) is 0.666. The first-order valence-electron chi connectivity index (χ1n) is 4.24. The third-order valence-corrected chi connectivity index (χ3v) is 1.84. The van der Waals surface area contributed by atoms with Gasteiger partial charge in [0, 0.05) is 12.4 Å². The highest BCUT2D eigenvalue weighted by atomic mass is 16.5. The zero-order valence-electron chi connectivity index (χ0n) is 8.23. The standard InChI is InChI=1S/C9H14N2O3/c1-9(13,8(12)14-2)7-10-11-5-3-4-6-11/h3-6,10,13H,7H2,1-2H3. The lowest BCUT2D eigenvalue weighted by atomic mass is 10.1. The average molecular weight is 198 g/mol. The van der Waals surface area contributed by atoms with Crippen LogP contribution in [-0.4, -0.2) is 35.0 Å². The predicted octanol–water partition coefficient (Wildman–Crippen LogP) is -0.0444. The number of hydrogen-bond donors (Lipinski definition) is 2. The average Bonchev–Trinajstić information content (AvgIpc) is 2.66. The number of methoxy groups -OCH3 is 1. The van der Waals surface area contributed by atoms with E-state index in [-0.39, 0.29) is 6.54 Å². The van der Waals surface area contributed by atoms with Gasteiger partial charge >= 0.3 is 5.97 Å². The van der Waals surface area contributed by atoms with Gasteiger partial charge in [-0.3, -0.25) is 4.68 Å². The zero-order valence-corrected chi connectivity index (χ0v) is 8.23. The minimum absolute atomic E-state index is 0.0916. The van der Waals surface area contributed by atoms with Crippen molar-refractivity contribution in [2.24, 2.45) is 0 Å². The maximum atomic E-state index is 11.1. The summed E-state index contributed by atoms with van der Waals surface area (Å²) in [5.41, 5.74) is 1.33. The lowest BCUT2D eigenvalue weighted by Crippen LogP contribution is -2.44. The van der Waals surface area contributed by atoms with Crippen molar-refractivity contribution in [2.45, 2.75) is 12.5 Å². The maximum absolute atomic E-state index is 11.1. The third kappa shape index (κ3) is 2.50. The molecule has 1 aromatic rings. The van der Waals surface area contributed by atoms with Crippen molar-refractivity contribution in [3.63, 3.8) is 0 Å².